The molecular weight excluding hydrogens is 429 g/mol. The number of aromatic nitrogens is 3. The smallest absolute Gasteiger partial charge is 0.237 e. The first kappa shape index (κ1) is 26.5. The van der Waals surface area contributed by atoms with Crippen molar-refractivity contribution in [2.45, 2.75) is 102 Å². The summed E-state index contributed by atoms with van der Waals surface area (Å²) in [5.41, 5.74) is 0. The van der Waals surface area contributed by atoms with Gasteiger partial charge in [0.15, 0.2) is 0 Å². The molecule has 1 rings (SSSR count). The van der Waals surface area contributed by atoms with Crippen LogP contribution in [0.3, 0.4) is 0 Å². The molecule has 0 saturated heterocycles. The molecule has 0 aromatic carbocycles. The number of halogens is 9. The quantitative estimate of drug-likeness (QED) is 0.186. The highest BCUT2D eigenvalue weighted by Gasteiger charge is 2.81. The Labute approximate surface area is 169 Å². The number of aryl methyl sites for hydroxylation is 2. The maximum Gasteiger partial charge on any atom is 0.460 e. The van der Waals surface area contributed by atoms with Gasteiger partial charge in [0, 0.05) is 5.10 Å². The highest BCUT2D eigenvalue weighted by atomic mass is 19.4. The van der Waals surface area contributed by atoms with E-state index in [0.717, 1.165) is 43.2 Å². The molecule has 3 nitrogen and oxygen atoms in total. The Hall–Kier alpha value is -1.49. The second kappa shape index (κ2) is 10.7. The summed E-state index contributed by atoms with van der Waals surface area (Å²) >= 11 is 0. The molecule has 1 aromatic rings. The van der Waals surface area contributed by atoms with E-state index in [1.165, 1.54) is 30.1 Å². The number of nitrogens with zero attached hydrogens (tertiary/aromatic N) is 3. The van der Waals surface area contributed by atoms with Crippen LogP contribution in [0.15, 0.2) is 12.7 Å². The van der Waals surface area contributed by atoms with E-state index < -0.39 is 36.9 Å². The molecule has 0 spiro atoms. The van der Waals surface area contributed by atoms with Crippen LogP contribution in [0.4, 0.5) is 39.5 Å². The van der Waals surface area contributed by atoms with Gasteiger partial charge in [-0.25, -0.2) is 4.57 Å². The van der Waals surface area contributed by atoms with Crippen LogP contribution in [0.25, 0.3) is 0 Å². The van der Waals surface area contributed by atoms with E-state index in [1.54, 1.807) is 0 Å². The van der Waals surface area contributed by atoms with E-state index in [4.69, 9.17) is 0 Å². The van der Waals surface area contributed by atoms with Gasteiger partial charge in [-0.2, -0.15) is 39.5 Å². The van der Waals surface area contributed by atoms with Crippen molar-refractivity contribution in [3.8, 4) is 0 Å². The number of unbranched alkanes of at least 4 members (excludes halogenated alkanes) is 7. The second-order valence-corrected chi connectivity index (χ2v) is 7.32. The fraction of sp³-hybridized carbons (Fsp3) is 0.889. The van der Waals surface area contributed by atoms with Crippen LogP contribution >= 0.6 is 0 Å². The van der Waals surface area contributed by atoms with Gasteiger partial charge < -0.3 is 0 Å². The molecular formula is C18H27F9N3+. The summed E-state index contributed by atoms with van der Waals surface area (Å²) in [7, 11) is 0. The van der Waals surface area contributed by atoms with Gasteiger partial charge in [0.1, 0.15) is 6.54 Å². The van der Waals surface area contributed by atoms with E-state index >= 15 is 0 Å². The van der Waals surface area contributed by atoms with Crippen LogP contribution in [0.5, 0.6) is 0 Å². The van der Waals surface area contributed by atoms with E-state index in [9.17, 15) is 39.5 Å². The average Bonchev–Trinajstić information content (AvgIpc) is 3.09. The zero-order valence-electron chi connectivity index (χ0n) is 16.7. The number of alkyl halides is 9. The lowest BCUT2D eigenvalue weighted by Crippen LogP contribution is -2.61. The van der Waals surface area contributed by atoms with Crippen molar-refractivity contribution < 1.29 is 44.1 Å². The highest BCUT2D eigenvalue weighted by molar-refractivity contribution is 5.00. The van der Waals surface area contributed by atoms with Gasteiger partial charge in [-0.3, -0.25) is 0 Å². The van der Waals surface area contributed by atoms with Gasteiger partial charge in [-0.15, -0.1) is 4.68 Å². The Balaban J connectivity index is 2.49. The molecule has 0 aliphatic carbocycles. The third kappa shape index (κ3) is 6.76. The summed E-state index contributed by atoms with van der Waals surface area (Å²) < 4.78 is 118. The SMILES string of the molecule is CCCCCCCCCC[n+]1cnn(CCC(F)(F)C(F)(F)C(F)(F)C(F)(F)F)c1. The van der Waals surface area contributed by atoms with E-state index in [1.807, 2.05) is 0 Å². The van der Waals surface area contributed by atoms with Crippen molar-refractivity contribution in [1.29, 1.82) is 0 Å². The standard InChI is InChI=1S/C18H27F9N3/c1-2-3-4-5-6-7-8-9-11-29-13-28-30(14-29)12-10-15(19,20)16(21,22)17(23,24)18(25,26)27/h13-14H,2-12H2,1H3/q+1. The predicted molar refractivity (Wildman–Crippen MR) is 90.5 cm³/mol. The largest absolute Gasteiger partial charge is 0.460 e. The summed E-state index contributed by atoms with van der Waals surface area (Å²) in [5.74, 6) is -19.0. The third-order valence-electron chi connectivity index (χ3n) is 4.76. The molecule has 1 heterocycles. The maximum absolute atomic E-state index is 13.5. The Morgan fingerprint density at radius 2 is 1.30 bits per heavy atom. The van der Waals surface area contributed by atoms with E-state index in [2.05, 4.69) is 12.0 Å². The van der Waals surface area contributed by atoms with Gasteiger partial charge in [0.25, 0.3) is 6.33 Å². The zero-order chi connectivity index (χ0) is 23.1. The molecule has 30 heavy (non-hydrogen) atoms. The lowest BCUT2D eigenvalue weighted by atomic mass is 10.0. The number of hydrogen-bond donors (Lipinski definition) is 0. The first-order valence-electron chi connectivity index (χ1n) is 9.88. The van der Waals surface area contributed by atoms with Gasteiger partial charge in [0.05, 0.1) is 13.0 Å². The Morgan fingerprint density at radius 3 is 1.83 bits per heavy atom. The van der Waals surface area contributed by atoms with E-state index in [-0.39, 0.29) is 0 Å². The summed E-state index contributed by atoms with van der Waals surface area (Å²) in [5, 5.41) is 3.65. The molecule has 0 unspecified atom stereocenters. The average molecular weight is 456 g/mol. The van der Waals surface area contributed by atoms with E-state index in [0.29, 0.717) is 6.54 Å². The topological polar surface area (TPSA) is 21.7 Å². The van der Waals surface area contributed by atoms with Crippen molar-refractivity contribution >= 4 is 0 Å². The van der Waals surface area contributed by atoms with Crippen molar-refractivity contribution in [3.05, 3.63) is 12.7 Å². The fourth-order valence-electron chi connectivity index (χ4n) is 2.84. The molecule has 0 aliphatic heterocycles. The summed E-state index contributed by atoms with van der Waals surface area (Å²) in [6, 6.07) is 0. The summed E-state index contributed by atoms with van der Waals surface area (Å²) in [6.07, 6.45) is 2.31. The van der Waals surface area contributed by atoms with Crippen LogP contribution in [-0.2, 0) is 13.1 Å². The Kier molecular flexibility index (Phi) is 9.47. The Bertz CT molecular complexity index is 627. The van der Waals surface area contributed by atoms with Crippen molar-refractivity contribution in [1.82, 2.24) is 9.78 Å². The van der Waals surface area contributed by atoms with Crippen molar-refractivity contribution in [3.63, 3.8) is 0 Å². The minimum atomic E-state index is -6.86. The van der Waals surface area contributed by atoms with Gasteiger partial charge in [-0.05, 0) is 6.42 Å². The normalized spacial score (nSPS) is 13.8. The maximum atomic E-state index is 13.5. The molecule has 0 atom stereocenters. The first-order valence-corrected chi connectivity index (χ1v) is 9.88. The number of hydrogen-bond acceptors (Lipinski definition) is 1. The summed E-state index contributed by atoms with van der Waals surface area (Å²) in [4.78, 5) is 0. The molecule has 12 heteroatoms. The molecule has 0 radical (unpaired) electrons. The molecule has 0 amide bonds. The fourth-order valence-corrected chi connectivity index (χ4v) is 2.84. The summed E-state index contributed by atoms with van der Waals surface area (Å²) in [6.45, 7) is 1.68. The first-order chi connectivity index (χ1) is 13.8. The van der Waals surface area contributed by atoms with Crippen LogP contribution in [0.2, 0.25) is 0 Å². The van der Waals surface area contributed by atoms with Crippen LogP contribution < -0.4 is 4.57 Å². The van der Waals surface area contributed by atoms with Crippen molar-refractivity contribution in [2.75, 3.05) is 0 Å². The van der Waals surface area contributed by atoms with Gasteiger partial charge in [0.2, 0.25) is 6.33 Å². The molecule has 176 valence electrons. The highest BCUT2D eigenvalue weighted by Crippen LogP contribution is 2.54. The van der Waals surface area contributed by atoms with Crippen LogP contribution in [0.1, 0.15) is 64.7 Å². The Morgan fingerprint density at radius 1 is 0.767 bits per heavy atom. The molecule has 0 saturated carbocycles. The molecule has 0 bridgehead atoms. The minimum absolute atomic E-state index is 0.494. The monoisotopic (exact) mass is 456 g/mol. The van der Waals surface area contributed by atoms with Crippen molar-refractivity contribution in [2.24, 2.45) is 0 Å². The number of rotatable bonds is 14. The predicted octanol–water partition coefficient (Wildman–Crippen LogP) is 6.17. The third-order valence-corrected chi connectivity index (χ3v) is 4.76. The molecule has 0 N–H and O–H groups in total. The zero-order valence-corrected chi connectivity index (χ0v) is 16.7. The van der Waals surface area contributed by atoms with Gasteiger partial charge >= 0.3 is 23.9 Å². The minimum Gasteiger partial charge on any atom is -0.237 e. The molecule has 0 fully saturated rings. The molecule has 1 aromatic heterocycles. The second-order valence-electron chi connectivity index (χ2n) is 7.32. The van der Waals surface area contributed by atoms with Crippen LogP contribution in [-0.4, -0.2) is 33.7 Å². The molecule has 0 aliphatic rings. The van der Waals surface area contributed by atoms with Gasteiger partial charge in [-0.1, -0.05) is 51.9 Å². The van der Waals surface area contributed by atoms with Crippen LogP contribution in [0, 0.1) is 0 Å². The lowest BCUT2D eigenvalue weighted by Gasteiger charge is -2.33. The lowest BCUT2D eigenvalue weighted by molar-refractivity contribution is -0.698.